The van der Waals surface area contributed by atoms with E-state index in [9.17, 15) is 4.79 Å². The van der Waals surface area contributed by atoms with Crippen LogP contribution in [0.5, 0.6) is 11.5 Å². The summed E-state index contributed by atoms with van der Waals surface area (Å²) in [6.45, 7) is 2.16. The molecule has 2 aromatic carbocycles. The smallest absolute Gasteiger partial charge is 0.302 e. The third-order valence-corrected chi connectivity index (χ3v) is 3.41. The average Bonchev–Trinajstić information content (AvgIpc) is 2.52. The minimum absolute atomic E-state index is 0.289. The third kappa shape index (κ3) is 5.83. The van der Waals surface area contributed by atoms with Crippen molar-refractivity contribution in [1.82, 2.24) is 0 Å². The minimum Gasteiger partial charge on any atom is -0.497 e. The number of halogens is 1. The fraction of sp³-hybridized carbons (Fsp3) is 0.278. The summed E-state index contributed by atoms with van der Waals surface area (Å²) in [5.74, 6) is 1.21. The summed E-state index contributed by atoms with van der Waals surface area (Å²) < 4.78 is 15.8. The molecule has 0 heterocycles. The maximum atomic E-state index is 10.8. The van der Waals surface area contributed by atoms with Crippen molar-refractivity contribution in [3.8, 4) is 11.5 Å². The maximum absolute atomic E-state index is 10.8. The van der Waals surface area contributed by atoms with Crippen molar-refractivity contribution < 1.29 is 19.0 Å². The Morgan fingerprint density at radius 3 is 2.43 bits per heavy atom. The SMILES string of the molecule is COc1ccc(COc2cc(Cl)cc(CCOC(C)=O)c2)cc1. The van der Waals surface area contributed by atoms with E-state index < -0.39 is 0 Å². The van der Waals surface area contributed by atoms with Crippen LogP contribution in [0.1, 0.15) is 18.1 Å². The molecule has 0 aromatic heterocycles. The van der Waals surface area contributed by atoms with E-state index in [1.54, 1.807) is 13.2 Å². The normalized spacial score (nSPS) is 10.2. The molecule has 2 rings (SSSR count). The van der Waals surface area contributed by atoms with E-state index in [1.165, 1.54) is 6.92 Å². The highest BCUT2D eigenvalue weighted by atomic mass is 35.5. The van der Waals surface area contributed by atoms with E-state index in [2.05, 4.69) is 0 Å². The number of benzene rings is 2. The predicted molar refractivity (Wildman–Crippen MR) is 89.1 cm³/mol. The van der Waals surface area contributed by atoms with Gasteiger partial charge in [0.1, 0.15) is 18.1 Å². The van der Waals surface area contributed by atoms with Crippen LogP contribution in [0.3, 0.4) is 0 Å². The first-order chi connectivity index (χ1) is 11.1. The van der Waals surface area contributed by atoms with Crippen molar-refractivity contribution in [2.24, 2.45) is 0 Å². The highest BCUT2D eigenvalue weighted by Gasteiger charge is 2.03. The second-order valence-corrected chi connectivity index (χ2v) is 5.46. The lowest BCUT2D eigenvalue weighted by atomic mass is 10.1. The molecule has 0 atom stereocenters. The fourth-order valence-electron chi connectivity index (χ4n) is 2.05. The first-order valence-corrected chi connectivity index (χ1v) is 7.63. The lowest BCUT2D eigenvalue weighted by Gasteiger charge is -2.10. The van der Waals surface area contributed by atoms with Crippen LogP contribution in [0.2, 0.25) is 5.02 Å². The molecule has 0 spiro atoms. The summed E-state index contributed by atoms with van der Waals surface area (Å²) in [5.41, 5.74) is 2.00. The number of hydrogen-bond acceptors (Lipinski definition) is 4. The number of hydrogen-bond donors (Lipinski definition) is 0. The summed E-state index contributed by atoms with van der Waals surface area (Å²) in [4.78, 5) is 10.8. The van der Waals surface area contributed by atoms with Gasteiger partial charge in [-0.2, -0.15) is 0 Å². The van der Waals surface area contributed by atoms with Gasteiger partial charge in [0.2, 0.25) is 0 Å². The molecule has 0 aliphatic carbocycles. The molecule has 4 nitrogen and oxygen atoms in total. The zero-order chi connectivity index (χ0) is 16.7. The van der Waals surface area contributed by atoms with Gasteiger partial charge in [-0.25, -0.2) is 0 Å². The van der Waals surface area contributed by atoms with Crippen molar-refractivity contribution in [1.29, 1.82) is 0 Å². The molecule has 0 aliphatic rings. The van der Waals surface area contributed by atoms with Crippen LogP contribution in [0, 0.1) is 0 Å². The Bertz CT molecular complexity index is 653. The van der Waals surface area contributed by atoms with Crippen LogP contribution >= 0.6 is 11.6 Å². The molecule has 5 heteroatoms. The summed E-state index contributed by atoms with van der Waals surface area (Å²) in [6.07, 6.45) is 0.596. The van der Waals surface area contributed by atoms with Gasteiger partial charge in [0.05, 0.1) is 13.7 Å². The van der Waals surface area contributed by atoms with Crippen molar-refractivity contribution in [2.75, 3.05) is 13.7 Å². The van der Waals surface area contributed by atoms with E-state index in [0.717, 1.165) is 16.9 Å². The highest BCUT2D eigenvalue weighted by Crippen LogP contribution is 2.23. The van der Waals surface area contributed by atoms with Crippen LogP contribution in [0.4, 0.5) is 0 Å². The van der Waals surface area contributed by atoms with Gasteiger partial charge in [-0.1, -0.05) is 23.7 Å². The van der Waals surface area contributed by atoms with Crippen LogP contribution in [0.25, 0.3) is 0 Å². The van der Waals surface area contributed by atoms with Gasteiger partial charge in [0.15, 0.2) is 0 Å². The predicted octanol–water partition coefficient (Wildman–Crippen LogP) is 4.03. The van der Waals surface area contributed by atoms with Crippen LogP contribution in [-0.2, 0) is 22.6 Å². The van der Waals surface area contributed by atoms with E-state index in [4.69, 9.17) is 25.8 Å². The molecule has 0 radical (unpaired) electrons. The number of carbonyl (C=O) groups excluding carboxylic acids is 1. The monoisotopic (exact) mass is 334 g/mol. The van der Waals surface area contributed by atoms with E-state index in [0.29, 0.717) is 30.4 Å². The molecule has 0 unspecified atom stereocenters. The van der Waals surface area contributed by atoms with E-state index in [1.807, 2.05) is 36.4 Å². The van der Waals surface area contributed by atoms with E-state index >= 15 is 0 Å². The summed E-state index contributed by atoms with van der Waals surface area (Å²) >= 11 is 6.11. The first-order valence-electron chi connectivity index (χ1n) is 7.25. The van der Waals surface area contributed by atoms with Crippen molar-refractivity contribution in [3.63, 3.8) is 0 Å². The van der Waals surface area contributed by atoms with Crippen LogP contribution in [0.15, 0.2) is 42.5 Å². The van der Waals surface area contributed by atoms with Gasteiger partial charge in [-0.05, 0) is 41.5 Å². The first kappa shape index (κ1) is 17.2. The van der Waals surface area contributed by atoms with Gasteiger partial charge in [0.25, 0.3) is 0 Å². The van der Waals surface area contributed by atoms with Crippen molar-refractivity contribution in [3.05, 3.63) is 58.6 Å². The van der Waals surface area contributed by atoms with Crippen molar-refractivity contribution in [2.45, 2.75) is 20.0 Å². The summed E-state index contributed by atoms with van der Waals surface area (Å²) in [7, 11) is 1.63. The number of carbonyl (C=O) groups is 1. The summed E-state index contributed by atoms with van der Waals surface area (Å²) in [6, 6.07) is 13.2. The Morgan fingerprint density at radius 2 is 1.78 bits per heavy atom. The molecule has 0 amide bonds. The maximum Gasteiger partial charge on any atom is 0.302 e. The molecule has 122 valence electrons. The highest BCUT2D eigenvalue weighted by molar-refractivity contribution is 6.30. The molecule has 0 saturated heterocycles. The Balaban J connectivity index is 1.95. The van der Waals surface area contributed by atoms with Gasteiger partial charge in [0, 0.05) is 18.4 Å². The molecule has 0 saturated carbocycles. The number of methoxy groups -OCH3 is 1. The molecule has 0 bridgehead atoms. The van der Waals surface area contributed by atoms with Gasteiger partial charge >= 0.3 is 5.97 Å². The third-order valence-electron chi connectivity index (χ3n) is 3.19. The molecule has 0 fully saturated rings. The summed E-state index contributed by atoms with van der Waals surface area (Å²) in [5, 5.41) is 0.593. The number of ether oxygens (including phenoxy) is 3. The van der Waals surface area contributed by atoms with E-state index in [-0.39, 0.29) is 5.97 Å². The molecule has 23 heavy (non-hydrogen) atoms. The Labute approximate surface area is 140 Å². The molecular formula is C18H19ClO4. The Hall–Kier alpha value is -2.20. The number of esters is 1. The Morgan fingerprint density at radius 1 is 1.04 bits per heavy atom. The molecule has 0 aliphatic heterocycles. The van der Waals surface area contributed by atoms with Crippen molar-refractivity contribution >= 4 is 17.6 Å². The fourth-order valence-corrected chi connectivity index (χ4v) is 2.30. The largest absolute Gasteiger partial charge is 0.497 e. The standard InChI is InChI=1S/C18H19ClO4/c1-13(20)22-8-7-15-9-16(19)11-18(10-15)23-12-14-3-5-17(21-2)6-4-14/h3-6,9-11H,7-8,12H2,1-2H3. The van der Waals surface area contributed by atoms with Crippen LogP contribution in [-0.4, -0.2) is 19.7 Å². The Kier molecular flexibility index (Phi) is 6.29. The lowest BCUT2D eigenvalue weighted by molar-refractivity contribution is -0.140. The number of rotatable bonds is 7. The van der Waals surface area contributed by atoms with Crippen LogP contribution < -0.4 is 9.47 Å². The molecular weight excluding hydrogens is 316 g/mol. The molecule has 2 aromatic rings. The minimum atomic E-state index is -0.289. The quantitative estimate of drug-likeness (QED) is 0.717. The van der Waals surface area contributed by atoms with Gasteiger partial charge in [-0.3, -0.25) is 4.79 Å². The zero-order valence-corrected chi connectivity index (χ0v) is 13.9. The zero-order valence-electron chi connectivity index (χ0n) is 13.2. The second-order valence-electron chi connectivity index (χ2n) is 5.02. The van der Waals surface area contributed by atoms with Gasteiger partial charge in [-0.15, -0.1) is 0 Å². The van der Waals surface area contributed by atoms with Gasteiger partial charge < -0.3 is 14.2 Å². The average molecular weight is 335 g/mol. The second kappa shape index (κ2) is 8.44. The molecule has 0 N–H and O–H groups in total. The topological polar surface area (TPSA) is 44.8 Å². The lowest BCUT2D eigenvalue weighted by Crippen LogP contribution is -2.03.